The number of aromatic nitrogens is 5. The van der Waals surface area contributed by atoms with Crippen LogP contribution in [0.3, 0.4) is 0 Å². The maximum atomic E-state index is 11.8. The molecule has 46 heavy (non-hydrogen) atoms. The molecule has 0 bridgehead atoms. The molecule has 6 heterocycles. The fourth-order valence-corrected chi connectivity index (χ4v) is 8.05. The predicted molar refractivity (Wildman–Crippen MR) is 172 cm³/mol. The van der Waals surface area contributed by atoms with Crippen LogP contribution in [-0.2, 0) is 11.2 Å². The van der Waals surface area contributed by atoms with Gasteiger partial charge in [0.05, 0.1) is 11.7 Å². The van der Waals surface area contributed by atoms with Crippen molar-refractivity contribution < 1.29 is 19.7 Å². The molecule has 3 fully saturated rings. The third-order valence-electron chi connectivity index (χ3n) is 10.8. The minimum Gasteiger partial charge on any atom is -0.507 e. The lowest BCUT2D eigenvalue weighted by Gasteiger charge is -2.58. The number of benzene rings is 1. The Balaban J connectivity index is 1.06. The number of carboxylic acids is 1. The lowest BCUT2D eigenvalue weighted by molar-refractivity contribution is -0.144. The summed E-state index contributed by atoms with van der Waals surface area (Å²) in [5, 5.41) is 33.3. The number of nitrogens with zero attached hydrogens (tertiary/aromatic N) is 6. The number of hydrogen-bond acceptors (Lipinski definition) is 10. The number of carbonyl (C=O) groups is 1. The average molecular weight is 625 g/mol. The van der Waals surface area contributed by atoms with Gasteiger partial charge in [-0.25, -0.2) is 9.78 Å². The van der Waals surface area contributed by atoms with Crippen LogP contribution < -0.4 is 15.0 Å². The van der Waals surface area contributed by atoms with Crippen molar-refractivity contribution in [2.45, 2.75) is 70.1 Å². The Kier molecular flexibility index (Phi) is 7.09. The fourth-order valence-electron chi connectivity index (χ4n) is 8.05. The minimum absolute atomic E-state index is 0.102. The second-order valence-electron chi connectivity index (χ2n) is 13.7. The number of ether oxygens (including phenoxy) is 1. The first-order valence-corrected chi connectivity index (χ1v) is 16.4. The van der Waals surface area contributed by atoms with Gasteiger partial charge in [-0.1, -0.05) is 12.1 Å². The van der Waals surface area contributed by atoms with Crippen LogP contribution in [0.15, 0.2) is 36.5 Å². The van der Waals surface area contributed by atoms with Gasteiger partial charge in [-0.15, -0.1) is 10.2 Å². The average Bonchev–Trinajstić information content (AvgIpc) is 3.39. The van der Waals surface area contributed by atoms with E-state index < -0.39 is 12.1 Å². The molecule has 4 aromatic rings. The van der Waals surface area contributed by atoms with Crippen molar-refractivity contribution in [2.75, 3.05) is 37.6 Å². The van der Waals surface area contributed by atoms with E-state index in [0.717, 1.165) is 67.6 Å². The smallest absolute Gasteiger partial charge is 0.344 e. The first-order valence-electron chi connectivity index (χ1n) is 16.4. The third-order valence-corrected chi connectivity index (χ3v) is 10.8. The van der Waals surface area contributed by atoms with E-state index in [1.807, 2.05) is 24.4 Å². The van der Waals surface area contributed by atoms with Crippen molar-refractivity contribution in [2.24, 2.45) is 5.41 Å². The number of H-pyrrole nitrogens is 1. The molecule has 3 aliphatic heterocycles. The molecule has 1 saturated carbocycles. The number of para-hydroxylation sites is 1. The van der Waals surface area contributed by atoms with Gasteiger partial charge in [-0.3, -0.25) is 0 Å². The van der Waals surface area contributed by atoms with E-state index in [0.29, 0.717) is 46.7 Å². The number of piperidine rings is 1. The highest BCUT2D eigenvalue weighted by molar-refractivity contribution is 5.86. The van der Waals surface area contributed by atoms with Gasteiger partial charge in [-0.05, 0) is 82.2 Å². The molecule has 2 atom stereocenters. The second-order valence-corrected chi connectivity index (χ2v) is 13.7. The number of hydrogen-bond donors (Lipinski definition) is 4. The van der Waals surface area contributed by atoms with Crippen LogP contribution in [0, 0.1) is 5.41 Å². The zero-order valence-corrected chi connectivity index (χ0v) is 26.2. The van der Waals surface area contributed by atoms with Gasteiger partial charge < -0.3 is 35.1 Å². The summed E-state index contributed by atoms with van der Waals surface area (Å²) in [5.74, 6) is 0.219. The molecule has 1 spiro atoms. The summed E-state index contributed by atoms with van der Waals surface area (Å²) in [7, 11) is 0. The van der Waals surface area contributed by atoms with Gasteiger partial charge in [-0.2, -0.15) is 4.98 Å². The zero-order chi connectivity index (χ0) is 31.6. The Hall–Kier alpha value is -4.29. The number of aliphatic carboxylic acids is 1. The molecule has 4 N–H and O–H groups in total. The molecule has 0 amide bonds. The lowest BCUT2D eigenvalue weighted by atomic mass is 9.61. The van der Waals surface area contributed by atoms with Crippen molar-refractivity contribution in [1.29, 1.82) is 0 Å². The van der Waals surface area contributed by atoms with Crippen LogP contribution in [-0.4, -0.2) is 91.1 Å². The quantitative estimate of drug-likeness (QED) is 0.236. The summed E-state index contributed by atoms with van der Waals surface area (Å²) < 4.78 is 6.04. The SMILES string of the molecule is C[C@@H]1c2c([nH]c3nnc(-c4ccccc4O)cc23)CCN1c1ncc(C2CCN(C3CC4(CNC4)C3)CC2)c(O[C@H](C)C(=O)O)n1. The zero-order valence-electron chi connectivity index (χ0n) is 26.2. The van der Waals surface area contributed by atoms with Crippen LogP contribution in [0.25, 0.3) is 22.3 Å². The first kappa shape index (κ1) is 29.1. The summed E-state index contributed by atoms with van der Waals surface area (Å²) in [6.07, 6.45) is 6.09. The van der Waals surface area contributed by atoms with Crippen LogP contribution in [0.2, 0.25) is 0 Å². The predicted octanol–water partition coefficient (Wildman–Crippen LogP) is 4.03. The Morgan fingerprint density at radius 2 is 1.91 bits per heavy atom. The largest absolute Gasteiger partial charge is 0.507 e. The molecule has 2 saturated heterocycles. The molecule has 8 rings (SSSR count). The van der Waals surface area contributed by atoms with Crippen molar-refractivity contribution in [3.05, 3.63) is 53.3 Å². The van der Waals surface area contributed by atoms with Gasteiger partial charge in [0.2, 0.25) is 11.8 Å². The number of likely N-dealkylation sites (tertiary alicyclic amines) is 1. The fraction of sp³-hybridized carbons (Fsp3) is 0.500. The highest BCUT2D eigenvalue weighted by Gasteiger charge is 2.50. The number of nitrogens with one attached hydrogen (secondary N) is 2. The maximum Gasteiger partial charge on any atom is 0.344 e. The molecule has 1 aromatic carbocycles. The van der Waals surface area contributed by atoms with Crippen molar-refractivity contribution in [3.8, 4) is 22.9 Å². The minimum atomic E-state index is -1.03. The molecule has 4 aliphatic rings. The number of phenolic OH excluding ortho intramolecular Hbond substituents is 1. The van der Waals surface area contributed by atoms with E-state index in [2.05, 4.69) is 37.2 Å². The highest BCUT2D eigenvalue weighted by Crippen LogP contribution is 2.48. The number of rotatable bonds is 7. The van der Waals surface area contributed by atoms with E-state index in [-0.39, 0.29) is 17.7 Å². The van der Waals surface area contributed by atoms with E-state index >= 15 is 0 Å². The number of aromatic hydroxyl groups is 1. The second kappa shape index (κ2) is 11.2. The monoisotopic (exact) mass is 624 g/mol. The Bertz CT molecular complexity index is 1790. The summed E-state index contributed by atoms with van der Waals surface area (Å²) in [5.41, 5.74) is 5.54. The summed E-state index contributed by atoms with van der Waals surface area (Å²) in [4.78, 5) is 29.8. The van der Waals surface area contributed by atoms with E-state index in [1.54, 1.807) is 19.1 Å². The molecule has 1 aliphatic carbocycles. The van der Waals surface area contributed by atoms with Crippen LogP contribution in [0.1, 0.15) is 68.3 Å². The Morgan fingerprint density at radius 1 is 1.13 bits per heavy atom. The molecule has 12 nitrogen and oxygen atoms in total. The highest BCUT2D eigenvalue weighted by atomic mass is 16.5. The summed E-state index contributed by atoms with van der Waals surface area (Å²) >= 11 is 0. The van der Waals surface area contributed by atoms with E-state index in [1.165, 1.54) is 12.8 Å². The molecule has 3 aromatic heterocycles. The molecule has 240 valence electrons. The standard InChI is InChI=1S/C34H40N8O4/c1-19-29-24-13-27(23-5-3-4-6-28(23)43)39-40-30(24)37-26(29)9-12-42(19)33-36-16-25(31(38-33)46-20(2)32(44)45)21-7-10-41(11-8-21)22-14-34(15-22)17-35-18-34/h3-6,13,16,19-22,35,43H,7-12,14-15,17-18H2,1-2H3,(H,37,40)(H,44,45)/t19-,20-/m1/s1. The molecule has 0 unspecified atom stereocenters. The lowest BCUT2D eigenvalue weighted by Crippen LogP contribution is -2.65. The van der Waals surface area contributed by atoms with E-state index in [9.17, 15) is 15.0 Å². The molecular weight excluding hydrogens is 584 g/mol. The van der Waals surface area contributed by atoms with Crippen molar-refractivity contribution in [3.63, 3.8) is 0 Å². The molecular formula is C34H40N8O4. The van der Waals surface area contributed by atoms with Gasteiger partial charge in [0, 0.05) is 66.1 Å². The third kappa shape index (κ3) is 4.94. The molecule has 0 radical (unpaired) electrons. The first-order chi connectivity index (χ1) is 22.3. The number of fused-ring (bicyclic) bond motifs is 3. The summed E-state index contributed by atoms with van der Waals surface area (Å²) in [6.45, 7) is 8.70. The van der Waals surface area contributed by atoms with Gasteiger partial charge in [0.15, 0.2) is 11.8 Å². The Labute approximate surface area is 267 Å². The van der Waals surface area contributed by atoms with Crippen LogP contribution in [0.4, 0.5) is 5.95 Å². The number of aromatic amines is 1. The number of carboxylic acid groups (broad SMARTS) is 1. The van der Waals surface area contributed by atoms with Gasteiger partial charge in [0.1, 0.15) is 5.75 Å². The molecule has 12 heteroatoms. The number of phenols is 1. The summed E-state index contributed by atoms with van der Waals surface area (Å²) in [6, 6.07) is 9.66. The van der Waals surface area contributed by atoms with Crippen LogP contribution in [0.5, 0.6) is 11.6 Å². The maximum absolute atomic E-state index is 11.8. The van der Waals surface area contributed by atoms with Crippen LogP contribution >= 0.6 is 0 Å². The number of anilines is 1. The Morgan fingerprint density at radius 3 is 2.63 bits per heavy atom. The van der Waals surface area contributed by atoms with Crippen molar-refractivity contribution in [1.82, 2.24) is 35.4 Å². The topological polar surface area (TPSA) is 153 Å². The van der Waals surface area contributed by atoms with Crippen molar-refractivity contribution >= 4 is 23.0 Å². The van der Waals surface area contributed by atoms with Gasteiger partial charge in [0.25, 0.3) is 0 Å². The normalized spacial score (nSPS) is 22.3. The van der Waals surface area contributed by atoms with Gasteiger partial charge >= 0.3 is 5.97 Å². The van der Waals surface area contributed by atoms with E-state index in [4.69, 9.17) is 14.7 Å².